The maximum atomic E-state index is 10.6. The topological polar surface area (TPSA) is 23.6 Å². The highest BCUT2D eigenvalue weighted by Crippen LogP contribution is 2.28. The molecule has 0 aromatic heterocycles. The summed E-state index contributed by atoms with van der Waals surface area (Å²) in [7, 11) is 0. The minimum absolute atomic E-state index is 0.916. The molecule has 92 valence electrons. The molecule has 0 aromatic rings. The van der Waals surface area contributed by atoms with Crippen molar-refractivity contribution in [3.05, 3.63) is 0 Å². The third-order valence-corrected chi connectivity index (χ3v) is 4.21. The van der Waals surface area contributed by atoms with Gasteiger partial charge in [-0.25, -0.2) is 0 Å². The van der Waals surface area contributed by atoms with Gasteiger partial charge in [0, 0.05) is 32.7 Å². The summed E-state index contributed by atoms with van der Waals surface area (Å²) in [4.78, 5) is 15.0. The molecule has 1 amide bonds. The summed E-state index contributed by atoms with van der Waals surface area (Å²) < 4.78 is 0. The summed E-state index contributed by atoms with van der Waals surface area (Å²) in [6.45, 7) is 7.63. The van der Waals surface area contributed by atoms with E-state index in [-0.39, 0.29) is 0 Å². The Hall–Kier alpha value is -0.570. The van der Waals surface area contributed by atoms with Gasteiger partial charge in [-0.1, -0.05) is 19.8 Å². The molecule has 0 unspecified atom stereocenters. The minimum atomic E-state index is 0.916. The normalized spacial score (nSPS) is 32.7. The average Bonchev–Trinajstić information content (AvgIpc) is 2.33. The number of carbonyl (C=O) groups excluding carboxylic acids is 1. The largest absolute Gasteiger partial charge is 0.343 e. The Balaban J connectivity index is 1.68. The van der Waals surface area contributed by atoms with Crippen molar-refractivity contribution in [2.45, 2.75) is 32.6 Å². The Labute approximate surface area is 98.8 Å². The lowest BCUT2D eigenvalue weighted by Crippen LogP contribution is -2.47. The molecule has 16 heavy (non-hydrogen) atoms. The van der Waals surface area contributed by atoms with E-state index in [0.29, 0.717) is 0 Å². The van der Waals surface area contributed by atoms with Crippen LogP contribution >= 0.6 is 0 Å². The van der Waals surface area contributed by atoms with Crippen molar-refractivity contribution in [1.82, 2.24) is 9.80 Å². The Morgan fingerprint density at radius 2 is 1.69 bits per heavy atom. The van der Waals surface area contributed by atoms with E-state index in [1.54, 1.807) is 0 Å². The summed E-state index contributed by atoms with van der Waals surface area (Å²) >= 11 is 0. The molecular weight excluding hydrogens is 200 g/mol. The highest BCUT2D eigenvalue weighted by atomic mass is 16.1. The molecule has 1 saturated heterocycles. The van der Waals surface area contributed by atoms with Crippen LogP contribution in [0.2, 0.25) is 0 Å². The number of rotatable bonds is 3. The summed E-state index contributed by atoms with van der Waals surface area (Å²) in [5.41, 5.74) is 0. The van der Waals surface area contributed by atoms with Gasteiger partial charge in [0.05, 0.1) is 0 Å². The van der Waals surface area contributed by atoms with E-state index in [0.717, 1.165) is 44.4 Å². The molecule has 0 bridgehead atoms. The Morgan fingerprint density at radius 1 is 1.06 bits per heavy atom. The Morgan fingerprint density at radius 3 is 2.25 bits per heavy atom. The van der Waals surface area contributed by atoms with E-state index >= 15 is 0 Å². The van der Waals surface area contributed by atoms with Gasteiger partial charge < -0.3 is 4.90 Å². The lowest BCUT2D eigenvalue weighted by atomic mass is 9.83. The molecule has 1 aliphatic heterocycles. The molecule has 0 aromatic carbocycles. The van der Waals surface area contributed by atoms with Crippen molar-refractivity contribution >= 4 is 6.41 Å². The lowest BCUT2D eigenvalue weighted by Gasteiger charge is -2.36. The van der Waals surface area contributed by atoms with Gasteiger partial charge in [-0.15, -0.1) is 0 Å². The fourth-order valence-electron chi connectivity index (χ4n) is 2.93. The van der Waals surface area contributed by atoms with Crippen LogP contribution in [-0.4, -0.2) is 48.9 Å². The maximum Gasteiger partial charge on any atom is 0.209 e. The van der Waals surface area contributed by atoms with Crippen molar-refractivity contribution in [2.24, 2.45) is 11.8 Å². The van der Waals surface area contributed by atoms with Gasteiger partial charge in [-0.05, 0) is 24.7 Å². The van der Waals surface area contributed by atoms with Crippen molar-refractivity contribution in [3.63, 3.8) is 0 Å². The predicted octanol–water partition coefficient (Wildman–Crippen LogP) is 1.59. The Bertz CT molecular complexity index is 216. The summed E-state index contributed by atoms with van der Waals surface area (Å²) in [6, 6.07) is 0. The summed E-state index contributed by atoms with van der Waals surface area (Å²) in [5, 5.41) is 0. The molecule has 3 heteroatoms. The van der Waals surface area contributed by atoms with Crippen LogP contribution in [0.5, 0.6) is 0 Å². The molecule has 0 atom stereocenters. The van der Waals surface area contributed by atoms with Gasteiger partial charge in [0.15, 0.2) is 0 Å². The van der Waals surface area contributed by atoms with Gasteiger partial charge in [0.1, 0.15) is 0 Å². The van der Waals surface area contributed by atoms with Crippen molar-refractivity contribution in [3.8, 4) is 0 Å². The second-order valence-corrected chi connectivity index (χ2v) is 5.57. The van der Waals surface area contributed by atoms with Crippen LogP contribution in [0.3, 0.4) is 0 Å². The third-order valence-electron chi connectivity index (χ3n) is 4.21. The van der Waals surface area contributed by atoms with Crippen molar-refractivity contribution < 1.29 is 4.79 Å². The molecule has 1 heterocycles. The molecule has 1 saturated carbocycles. The molecule has 2 aliphatic rings. The lowest BCUT2D eigenvalue weighted by molar-refractivity contribution is -0.119. The van der Waals surface area contributed by atoms with Crippen LogP contribution in [-0.2, 0) is 4.79 Å². The number of hydrogen-bond donors (Lipinski definition) is 0. The number of carbonyl (C=O) groups is 1. The van der Waals surface area contributed by atoms with Crippen LogP contribution < -0.4 is 0 Å². The van der Waals surface area contributed by atoms with Gasteiger partial charge in [-0.2, -0.15) is 0 Å². The quantitative estimate of drug-likeness (QED) is 0.680. The molecule has 0 spiro atoms. The first-order valence-corrected chi connectivity index (χ1v) is 6.69. The summed E-state index contributed by atoms with van der Waals surface area (Å²) in [6.07, 6.45) is 6.64. The smallest absolute Gasteiger partial charge is 0.209 e. The standard InChI is InChI=1S/C13H24N2O/c1-12-2-4-13(5-3-12)10-14-6-8-15(11-16)9-7-14/h11-13H,2-10H2,1H3. The van der Waals surface area contributed by atoms with Gasteiger partial charge in [0.2, 0.25) is 6.41 Å². The van der Waals surface area contributed by atoms with Gasteiger partial charge >= 0.3 is 0 Å². The number of amides is 1. The van der Waals surface area contributed by atoms with Gasteiger partial charge in [-0.3, -0.25) is 9.69 Å². The maximum absolute atomic E-state index is 10.6. The first-order chi connectivity index (χ1) is 7.78. The first kappa shape index (κ1) is 11.9. The molecular formula is C13H24N2O. The van der Waals surface area contributed by atoms with Crippen LogP contribution in [0.25, 0.3) is 0 Å². The van der Waals surface area contributed by atoms with Crippen LogP contribution in [0.4, 0.5) is 0 Å². The monoisotopic (exact) mass is 224 g/mol. The van der Waals surface area contributed by atoms with E-state index in [1.165, 1.54) is 32.2 Å². The molecule has 2 fully saturated rings. The summed E-state index contributed by atoms with van der Waals surface area (Å²) in [5.74, 6) is 1.86. The molecule has 2 rings (SSSR count). The Kier molecular flexibility index (Phi) is 4.22. The number of piperazine rings is 1. The SMILES string of the molecule is CC1CCC(CN2CCN(C=O)CC2)CC1. The van der Waals surface area contributed by atoms with E-state index in [4.69, 9.17) is 0 Å². The predicted molar refractivity (Wildman–Crippen MR) is 65.2 cm³/mol. The van der Waals surface area contributed by atoms with E-state index in [1.807, 2.05) is 4.90 Å². The van der Waals surface area contributed by atoms with Crippen molar-refractivity contribution in [1.29, 1.82) is 0 Å². The number of nitrogens with zero attached hydrogens (tertiary/aromatic N) is 2. The molecule has 1 aliphatic carbocycles. The fourth-order valence-corrected chi connectivity index (χ4v) is 2.93. The van der Waals surface area contributed by atoms with Crippen LogP contribution in [0.1, 0.15) is 32.6 Å². The minimum Gasteiger partial charge on any atom is -0.343 e. The second-order valence-electron chi connectivity index (χ2n) is 5.57. The zero-order chi connectivity index (χ0) is 11.4. The van der Waals surface area contributed by atoms with Crippen LogP contribution in [0, 0.1) is 11.8 Å². The molecule has 0 N–H and O–H groups in total. The number of hydrogen-bond acceptors (Lipinski definition) is 2. The highest BCUT2D eigenvalue weighted by molar-refractivity contribution is 5.47. The van der Waals surface area contributed by atoms with Crippen LogP contribution in [0.15, 0.2) is 0 Å². The van der Waals surface area contributed by atoms with Gasteiger partial charge in [0.25, 0.3) is 0 Å². The highest BCUT2D eigenvalue weighted by Gasteiger charge is 2.22. The average molecular weight is 224 g/mol. The van der Waals surface area contributed by atoms with Crippen molar-refractivity contribution in [2.75, 3.05) is 32.7 Å². The third kappa shape index (κ3) is 3.21. The second kappa shape index (κ2) is 5.67. The van der Waals surface area contributed by atoms with E-state index in [9.17, 15) is 4.79 Å². The zero-order valence-electron chi connectivity index (χ0n) is 10.4. The molecule has 3 nitrogen and oxygen atoms in total. The fraction of sp³-hybridized carbons (Fsp3) is 0.923. The first-order valence-electron chi connectivity index (χ1n) is 6.69. The van der Waals surface area contributed by atoms with E-state index < -0.39 is 0 Å². The zero-order valence-corrected chi connectivity index (χ0v) is 10.4. The molecule has 0 radical (unpaired) electrons. The van der Waals surface area contributed by atoms with E-state index in [2.05, 4.69) is 11.8 Å².